The molecule has 0 saturated carbocycles. The molecular formula is C17H15Cl2NO4. The molecular weight excluding hydrogens is 353 g/mol. The Hall–Kier alpha value is -2.24. The SMILES string of the molecule is O=C(O)C[C@@H](NC(=O)COc1ccccc1Cl)c1ccc(Cl)cc1. The average Bonchev–Trinajstić information content (AvgIpc) is 2.54. The molecule has 0 fully saturated rings. The van der Waals surface area contributed by atoms with Gasteiger partial charge in [0.15, 0.2) is 6.61 Å². The Morgan fingerprint density at radius 3 is 2.38 bits per heavy atom. The Kier molecular flexibility index (Phi) is 6.46. The second-order valence-electron chi connectivity index (χ2n) is 4.99. The summed E-state index contributed by atoms with van der Waals surface area (Å²) in [6.45, 7) is -0.270. The van der Waals surface area contributed by atoms with Crippen molar-refractivity contribution in [3.8, 4) is 5.75 Å². The number of carbonyl (C=O) groups is 2. The van der Waals surface area contributed by atoms with Crippen LogP contribution < -0.4 is 10.1 Å². The van der Waals surface area contributed by atoms with Crippen molar-refractivity contribution in [3.63, 3.8) is 0 Å². The van der Waals surface area contributed by atoms with E-state index in [0.717, 1.165) is 0 Å². The van der Waals surface area contributed by atoms with E-state index in [-0.39, 0.29) is 13.0 Å². The summed E-state index contributed by atoms with van der Waals surface area (Å²) in [5.41, 5.74) is 0.646. The number of hydrogen-bond donors (Lipinski definition) is 2. The van der Waals surface area contributed by atoms with Gasteiger partial charge in [0.25, 0.3) is 5.91 Å². The molecule has 126 valence electrons. The van der Waals surface area contributed by atoms with E-state index >= 15 is 0 Å². The second-order valence-corrected chi connectivity index (χ2v) is 5.83. The molecule has 2 N–H and O–H groups in total. The molecule has 0 saturated heterocycles. The number of aliphatic carboxylic acids is 1. The maximum atomic E-state index is 12.1. The Morgan fingerprint density at radius 2 is 1.75 bits per heavy atom. The Bertz CT molecular complexity index is 719. The maximum Gasteiger partial charge on any atom is 0.305 e. The minimum atomic E-state index is -1.03. The zero-order chi connectivity index (χ0) is 17.5. The van der Waals surface area contributed by atoms with Crippen LogP contribution in [0.5, 0.6) is 5.75 Å². The molecule has 0 radical (unpaired) electrons. The van der Waals surface area contributed by atoms with Crippen molar-refractivity contribution in [2.75, 3.05) is 6.61 Å². The topological polar surface area (TPSA) is 75.6 Å². The van der Waals surface area contributed by atoms with E-state index < -0.39 is 17.9 Å². The van der Waals surface area contributed by atoms with Crippen LogP contribution in [0.25, 0.3) is 0 Å². The average molecular weight is 368 g/mol. The molecule has 2 rings (SSSR count). The largest absolute Gasteiger partial charge is 0.482 e. The first-order chi connectivity index (χ1) is 11.5. The fourth-order valence-corrected chi connectivity index (χ4v) is 2.38. The normalized spacial score (nSPS) is 11.6. The molecule has 0 heterocycles. The molecule has 5 nitrogen and oxygen atoms in total. The highest BCUT2D eigenvalue weighted by Crippen LogP contribution is 2.23. The summed E-state index contributed by atoms with van der Waals surface area (Å²) in [5, 5.41) is 12.6. The van der Waals surface area contributed by atoms with Gasteiger partial charge >= 0.3 is 5.97 Å². The van der Waals surface area contributed by atoms with Gasteiger partial charge in [-0.3, -0.25) is 9.59 Å². The summed E-state index contributed by atoms with van der Waals surface area (Å²) < 4.78 is 5.35. The van der Waals surface area contributed by atoms with Crippen LogP contribution in [0.3, 0.4) is 0 Å². The van der Waals surface area contributed by atoms with Gasteiger partial charge in [-0.2, -0.15) is 0 Å². The fraction of sp³-hybridized carbons (Fsp3) is 0.176. The zero-order valence-corrected chi connectivity index (χ0v) is 14.1. The third kappa shape index (κ3) is 5.44. The zero-order valence-electron chi connectivity index (χ0n) is 12.5. The van der Waals surface area contributed by atoms with E-state index in [0.29, 0.717) is 21.4 Å². The maximum absolute atomic E-state index is 12.1. The van der Waals surface area contributed by atoms with Gasteiger partial charge in [-0.15, -0.1) is 0 Å². The lowest BCUT2D eigenvalue weighted by Crippen LogP contribution is -2.33. The predicted octanol–water partition coefficient (Wildman–Crippen LogP) is 3.70. The van der Waals surface area contributed by atoms with E-state index in [1.54, 1.807) is 48.5 Å². The molecule has 0 aromatic heterocycles. The van der Waals surface area contributed by atoms with E-state index in [4.69, 9.17) is 33.0 Å². The first kappa shape index (κ1) is 18.1. The van der Waals surface area contributed by atoms with Crippen molar-refractivity contribution < 1.29 is 19.4 Å². The van der Waals surface area contributed by atoms with E-state index in [1.165, 1.54) is 0 Å². The van der Waals surface area contributed by atoms with Crippen LogP contribution in [0.2, 0.25) is 10.0 Å². The summed E-state index contributed by atoms with van der Waals surface area (Å²) in [5.74, 6) is -1.09. The molecule has 0 spiro atoms. The van der Waals surface area contributed by atoms with Crippen LogP contribution >= 0.6 is 23.2 Å². The number of nitrogens with one attached hydrogen (secondary N) is 1. The van der Waals surface area contributed by atoms with Gasteiger partial charge in [0.2, 0.25) is 0 Å². The molecule has 7 heteroatoms. The third-order valence-corrected chi connectivity index (χ3v) is 3.75. The van der Waals surface area contributed by atoms with Gasteiger partial charge in [-0.05, 0) is 29.8 Å². The van der Waals surface area contributed by atoms with Gasteiger partial charge in [0.1, 0.15) is 5.75 Å². The highest BCUT2D eigenvalue weighted by molar-refractivity contribution is 6.32. The molecule has 2 aromatic rings. The summed E-state index contributed by atoms with van der Waals surface area (Å²) in [4.78, 5) is 23.1. The van der Waals surface area contributed by atoms with Crippen molar-refractivity contribution in [1.29, 1.82) is 0 Å². The lowest BCUT2D eigenvalue weighted by molar-refractivity contribution is -0.137. The summed E-state index contributed by atoms with van der Waals surface area (Å²) >= 11 is 11.8. The molecule has 0 aliphatic rings. The van der Waals surface area contributed by atoms with Gasteiger partial charge < -0.3 is 15.2 Å². The Morgan fingerprint density at radius 1 is 1.08 bits per heavy atom. The van der Waals surface area contributed by atoms with Crippen LogP contribution in [0, 0.1) is 0 Å². The number of halogens is 2. The molecule has 1 amide bonds. The van der Waals surface area contributed by atoms with E-state index in [2.05, 4.69) is 5.32 Å². The second kappa shape index (κ2) is 8.57. The highest BCUT2D eigenvalue weighted by Gasteiger charge is 2.18. The molecule has 1 atom stereocenters. The summed E-state index contributed by atoms with van der Waals surface area (Å²) in [6.07, 6.45) is -0.251. The van der Waals surface area contributed by atoms with Crippen molar-refractivity contribution in [2.24, 2.45) is 0 Å². The van der Waals surface area contributed by atoms with Crippen LogP contribution in [-0.2, 0) is 9.59 Å². The van der Waals surface area contributed by atoms with Gasteiger partial charge in [-0.1, -0.05) is 47.5 Å². The van der Waals surface area contributed by atoms with Crippen LogP contribution in [-0.4, -0.2) is 23.6 Å². The first-order valence-electron chi connectivity index (χ1n) is 7.09. The highest BCUT2D eigenvalue weighted by atomic mass is 35.5. The third-order valence-electron chi connectivity index (χ3n) is 3.18. The minimum Gasteiger partial charge on any atom is -0.482 e. The van der Waals surface area contributed by atoms with Gasteiger partial charge in [0, 0.05) is 5.02 Å². The number of carboxylic acid groups (broad SMARTS) is 1. The molecule has 0 aliphatic heterocycles. The smallest absolute Gasteiger partial charge is 0.305 e. The van der Waals surface area contributed by atoms with Crippen molar-refractivity contribution in [2.45, 2.75) is 12.5 Å². The number of carbonyl (C=O) groups excluding carboxylic acids is 1. The Labute approximate surface area is 149 Å². The molecule has 0 unspecified atom stereocenters. The van der Waals surface area contributed by atoms with E-state index in [1.807, 2.05) is 0 Å². The molecule has 0 bridgehead atoms. The number of carboxylic acids is 1. The predicted molar refractivity (Wildman–Crippen MR) is 91.5 cm³/mol. The number of ether oxygens (including phenoxy) is 1. The van der Waals surface area contributed by atoms with Crippen LogP contribution in [0.1, 0.15) is 18.0 Å². The number of amides is 1. The number of hydrogen-bond acceptors (Lipinski definition) is 3. The van der Waals surface area contributed by atoms with Crippen molar-refractivity contribution in [3.05, 3.63) is 64.1 Å². The molecule has 2 aromatic carbocycles. The molecule has 0 aliphatic carbocycles. The summed E-state index contributed by atoms with van der Waals surface area (Å²) in [7, 11) is 0. The van der Waals surface area contributed by atoms with Crippen molar-refractivity contribution in [1.82, 2.24) is 5.32 Å². The monoisotopic (exact) mass is 367 g/mol. The minimum absolute atomic E-state index is 0.251. The number of benzene rings is 2. The number of para-hydroxylation sites is 1. The van der Waals surface area contributed by atoms with E-state index in [9.17, 15) is 9.59 Å². The van der Waals surface area contributed by atoms with Crippen LogP contribution in [0.4, 0.5) is 0 Å². The van der Waals surface area contributed by atoms with Gasteiger partial charge in [0.05, 0.1) is 17.5 Å². The van der Waals surface area contributed by atoms with Gasteiger partial charge in [-0.25, -0.2) is 0 Å². The lowest BCUT2D eigenvalue weighted by Gasteiger charge is -2.18. The lowest BCUT2D eigenvalue weighted by atomic mass is 10.0. The standard InChI is InChI=1S/C17H15Cl2NO4/c18-12-7-5-11(6-8-12)14(9-17(22)23)20-16(21)10-24-15-4-2-1-3-13(15)19/h1-8,14H,9-10H2,(H,20,21)(H,22,23)/t14-/m1/s1. The quantitative estimate of drug-likeness (QED) is 0.781. The number of rotatable bonds is 7. The fourth-order valence-electron chi connectivity index (χ4n) is 2.06. The first-order valence-corrected chi connectivity index (χ1v) is 7.85. The van der Waals surface area contributed by atoms with Crippen LogP contribution in [0.15, 0.2) is 48.5 Å². The van der Waals surface area contributed by atoms with Crippen molar-refractivity contribution >= 4 is 35.1 Å². The Balaban J connectivity index is 2.00. The summed E-state index contributed by atoms with van der Waals surface area (Å²) in [6, 6.07) is 12.7. The molecule has 24 heavy (non-hydrogen) atoms.